The van der Waals surface area contributed by atoms with E-state index in [9.17, 15) is 0 Å². The van der Waals surface area contributed by atoms with Gasteiger partial charge in [-0.25, -0.2) is 0 Å². The second-order valence-corrected chi connectivity index (χ2v) is 4.25. The third-order valence-corrected chi connectivity index (χ3v) is 2.90. The SMILES string of the molecule is CN(CCCC(N)=NO)CC1CCC1. The van der Waals surface area contributed by atoms with Gasteiger partial charge in [-0.05, 0) is 38.8 Å². The molecule has 0 heterocycles. The molecule has 0 aromatic rings. The molecule has 82 valence electrons. The number of hydrogen-bond acceptors (Lipinski definition) is 3. The van der Waals surface area contributed by atoms with Crippen LogP contribution in [0.1, 0.15) is 32.1 Å². The normalized spacial score (nSPS) is 18.6. The first kappa shape index (κ1) is 11.3. The molecule has 0 unspecified atom stereocenters. The number of oxime groups is 1. The monoisotopic (exact) mass is 199 g/mol. The minimum atomic E-state index is 0.335. The van der Waals surface area contributed by atoms with Crippen LogP contribution >= 0.6 is 0 Å². The molecular weight excluding hydrogens is 178 g/mol. The van der Waals surface area contributed by atoms with Crippen molar-refractivity contribution in [3.8, 4) is 0 Å². The Morgan fingerprint density at radius 2 is 2.29 bits per heavy atom. The van der Waals surface area contributed by atoms with Crippen LogP contribution in [0.3, 0.4) is 0 Å². The van der Waals surface area contributed by atoms with E-state index in [0.717, 1.165) is 18.9 Å². The fraction of sp³-hybridized carbons (Fsp3) is 0.900. The molecule has 1 rings (SSSR count). The standard InChI is InChI=1S/C10H21N3O/c1-13(8-9-4-2-5-9)7-3-6-10(11)12-14/h9,14H,2-8H2,1H3,(H2,11,12). The highest BCUT2D eigenvalue weighted by molar-refractivity contribution is 5.79. The van der Waals surface area contributed by atoms with Crippen LogP contribution in [0, 0.1) is 5.92 Å². The molecule has 0 saturated heterocycles. The molecule has 0 aromatic carbocycles. The summed E-state index contributed by atoms with van der Waals surface area (Å²) in [6.07, 6.45) is 5.85. The van der Waals surface area contributed by atoms with E-state index in [1.165, 1.54) is 25.8 Å². The molecule has 0 aromatic heterocycles. The zero-order valence-electron chi connectivity index (χ0n) is 8.95. The number of hydrogen-bond donors (Lipinski definition) is 2. The van der Waals surface area contributed by atoms with Crippen molar-refractivity contribution in [2.75, 3.05) is 20.1 Å². The van der Waals surface area contributed by atoms with E-state index in [2.05, 4.69) is 17.1 Å². The maximum Gasteiger partial charge on any atom is 0.139 e. The highest BCUT2D eigenvalue weighted by Gasteiger charge is 2.18. The molecule has 1 saturated carbocycles. The highest BCUT2D eigenvalue weighted by Crippen LogP contribution is 2.26. The van der Waals surface area contributed by atoms with Crippen molar-refractivity contribution in [2.24, 2.45) is 16.8 Å². The lowest BCUT2D eigenvalue weighted by atomic mass is 9.85. The first-order chi connectivity index (χ1) is 6.72. The third-order valence-electron chi connectivity index (χ3n) is 2.90. The van der Waals surface area contributed by atoms with E-state index in [1.807, 2.05) is 0 Å². The second kappa shape index (κ2) is 5.86. The fourth-order valence-electron chi connectivity index (χ4n) is 1.79. The Hall–Kier alpha value is -0.770. The van der Waals surface area contributed by atoms with Gasteiger partial charge in [0.1, 0.15) is 5.84 Å². The minimum absolute atomic E-state index is 0.335. The quantitative estimate of drug-likeness (QED) is 0.293. The van der Waals surface area contributed by atoms with E-state index in [4.69, 9.17) is 10.9 Å². The lowest BCUT2D eigenvalue weighted by Gasteiger charge is -2.30. The molecule has 0 bridgehead atoms. The van der Waals surface area contributed by atoms with Crippen LogP contribution in [-0.4, -0.2) is 36.1 Å². The summed E-state index contributed by atoms with van der Waals surface area (Å²) in [6, 6.07) is 0. The van der Waals surface area contributed by atoms with Gasteiger partial charge in [-0.3, -0.25) is 0 Å². The molecular formula is C10H21N3O. The number of rotatable bonds is 6. The number of nitrogens with zero attached hydrogens (tertiary/aromatic N) is 2. The van der Waals surface area contributed by atoms with Crippen LogP contribution in [0.4, 0.5) is 0 Å². The van der Waals surface area contributed by atoms with Crippen molar-refractivity contribution in [1.82, 2.24) is 4.90 Å². The molecule has 1 fully saturated rings. The molecule has 1 aliphatic rings. The fourth-order valence-corrected chi connectivity index (χ4v) is 1.79. The summed E-state index contributed by atoms with van der Waals surface area (Å²) in [5.74, 6) is 1.26. The Balaban J connectivity index is 1.99. The Morgan fingerprint density at radius 1 is 1.57 bits per heavy atom. The smallest absolute Gasteiger partial charge is 0.139 e. The van der Waals surface area contributed by atoms with E-state index in [1.54, 1.807) is 0 Å². The van der Waals surface area contributed by atoms with Crippen molar-refractivity contribution in [1.29, 1.82) is 0 Å². The van der Waals surface area contributed by atoms with Crippen molar-refractivity contribution in [3.63, 3.8) is 0 Å². The molecule has 0 radical (unpaired) electrons. The molecule has 1 aliphatic carbocycles. The van der Waals surface area contributed by atoms with Gasteiger partial charge in [0.15, 0.2) is 0 Å². The lowest BCUT2D eigenvalue weighted by molar-refractivity contribution is 0.204. The third kappa shape index (κ3) is 3.96. The molecule has 0 spiro atoms. The lowest BCUT2D eigenvalue weighted by Crippen LogP contribution is -2.30. The van der Waals surface area contributed by atoms with Gasteiger partial charge in [0, 0.05) is 13.0 Å². The maximum absolute atomic E-state index is 8.34. The van der Waals surface area contributed by atoms with Gasteiger partial charge >= 0.3 is 0 Å². The first-order valence-corrected chi connectivity index (χ1v) is 5.37. The zero-order valence-corrected chi connectivity index (χ0v) is 8.95. The number of amidine groups is 1. The van der Waals surface area contributed by atoms with Gasteiger partial charge in [0.2, 0.25) is 0 Å². The van der Waals surface area contributed by atoms with E-state index in [0.29, 0.717) is 12.3 Å². The topological polar surface area (TPSA) is 61.8 Å². The molecule has 4 heteroatoms. The summed E-state index contributed by atoms with van der Waals surface area (Å²) in [6.45, 7) is 2.24. The largest absolute Gasteiger partial charge is 0.409 e. The molecule has 4 nitrogen and oxygen atoms in total. The van der Waals surface area contributed by atoms with Gasteiger partial charge in [-0.2, -0.15) is 0 Å². The van der Waals surface area contributed by atoms with E-state index in [-0.39, 0.29) is 0 Å². The molecule has 0 aliphatic heterocycles. The van der Waals surface area contributed by atoms with E-state index >= 15 is 0 Å². The summed E-state index contributed by atoms with van der Waals surface area (Å²) in [5.41, 5.74) is 5.38. The van der Waals surface area contributed by atoms with Crippen molar-refractivity contribution >= 4 is 5.84 Å². The first-order valence-electron chi connectivity index (χ1n) is 5.37. The zero-order chi connectivity index (χ0) is 10.4. The van der Waals surface area contributed by atoms with Gasteiger partial charge in [-0.1, -0.05) is 11.6 Å². The van der Waals surface area contributed by atoms with Crippen LogP contribution in [0.15, 0.2) is 5.16 Å². The Kier molecular flexibility index (Phi) is 4.73. The highest BCUT2D eigenvalue weighted by atomic mass is 16.4. The van der Waals surface area contributed by atoms with Crippen LogP contribution in [0.25, 0.3) is 0 Å². The Morgan fingerprint density at radius 3 is 2.79 bits per heavy atom. The van der Waals surface area contributed by atoms with Crippen molar-refractivity contribution in [2.45, 2.75) is 32.1 Å². The maximum atomic E-state index is 8.34. The summed E-state index contributed by atoms with van der Waals surface area (Å²) in [7, 11) is 2.14. The molecule has 14 heavy (non-hydrogen) atoms. The van der Waals surface area contributed by atoms with E-state index < -0.39 is 0 Å². The molecule has 0 atom stereocenters. The van der Waals surface area contributed by atoms with Gasteiger partial charge in [0.25, 0.3) is 0 Å². The summed E-state index contributed by atoms with van der Waals surface area (Å²) >= 11 is 0. The van der Waals surface area contributed by atoms with Crippen LogP contribution < -0.4 is 5.73 Å². The molecule has 0 amide bonds. The summed E-state index contributed by atoms with van der Waals surface area (Å²) < 4.78 is 0. The van der Waals surface area contributed by atoms with Crippen LogP contribution in [0.2, 0.25) is 0 Å². The second-order valence-electron chi connectivity index (χ2n) is 4.25. The van der Waals surface area contributed by atoms with Crippen LogP contribution in [0.5, 0.6) is 0 Å². The van der Waals surface area contributed by atoms with Crippen molar-refractivity contribution < 1.29 is 5.21 Å². The Bertz CT molecular complexity index is 190. The average Bonchev–Trinajstić information content (AvgIpc) is 2.11. The average molecular weight is 199 g/mol. The van der Waals surface area contributed by atoms with Gasteiger partial charge in [0.05, 0.1) is 0 Å². The Labute approximate surface area is 85.8 Å². The summed E-state index contributed by atoms with van der Waals surface area (Å²) in [5, 5.41) is 11.3. The van der Waals surface area contributed by atoms with Gasteiger partial charge in [-0.15, -0.1) is 0 Å². The van der Waals surface area contributed by atoms with Gasteiger partial charge < -0.3 is 15.8 Å². The predicted molar refractivity (Wildman–Crippen MR) is 57.5 cm³/mol. The summed E-state index contributed by atoms with van der Waals surface area (Å²) in [4.78, 5) is 2.34. The predicted octanol–water partition coefficient (Wildman–Crippen LogP) is 1.24. The van der Waals surface area contributed by atoms with Crippen LogP contribution in [-0.2, 0) is 0 Å². The van der Waals surface area contributed by atoms with Crippen molar-refractivity contribution in [3.05, 3.63) is 0 Å². The minimum Gasteiger partial charge on any atom is -0.409 e. The molecule has 3 N–H and O–H groups in total. The number of nitrogens with two attached hydrogens (primary N) is 1.